The van der Waals surface area contributed by atoms with E-state index in [-0.39, 0.29) is 18.6 Å². The molecule has 3 rings (SSSR count). The van der Waals surface area contributed by atoms with Crippen LogP contribution < -0.4 is 19.5 Å². The number of ether oxygens (including phenoxy) is 3. The number of carbonyl (C=O) groups excluding carboxylic acids is 1. The molecule has 0 unspecified atom stereocenters. The fourth-order valence-electron chi connectivity index (χ4n) is 2.48. The number of hydrogen-bond acceptors (Lipinski definition) is 4. The van der Waals surface area contributed by atoms with E-state index in [4.69, 9.17) is 14.2 Å². The molecule has 24 heavy (non-hydrogen) atoms. The molecule has 0 aliphatic carbocycles. The first-order valence-electron chi connectivity index (χ1n) is 8.00. The van der Waals surface area contributed by atoms with Crippen LogP contribution in [0, 0.1) is 6.92 Å². The van der Waals surface area contributed by atoms with Gasteiger partial charge < -0.3 is 19.5 Å². The summed E-state index contributed by atoms with van der Waals surface area (Å²) in [6.45, 7) is 5.02. The third-order valence-corrected chi connectivity index (χ3v) is 3.83. The summed E-state index contributed by atoms with van der Waals surface area (Å²) >= 11 is 0. The minimum Gasteiger partial charge on any atom is -0.486 e. The SMILES string of the molecule is Cc1ccc(OCC(=O)N[C@H](C)c2ccc3c(c2)OCCO3)cc1. The first-order valence-corrected chi connectivity index (χ1v) is 8.00. The van der Waals surface area contributed by atoms with Crippen LogP contribution in [0.15, 0.2) is 42.5 Å². The number of amides is 1. The van der Waals surface area contributed by atoms with Crippen molar-refractivity contribution in [1.82, 2.24) is 5.32 Å². The van der Waals surface area contributed by atoms with E-state index < -0.39 is 0 Å². The molecule has 1 heterocycles. The van der Waals surface area contributed by atoms with Gasteiger partial charge in [-0.3, -0.25) is 4.79 Å². The number of carbonyl (C=O) groups is 1. The van der Waals surface area contributed by atoms with E-state index in [1.807, 2.05) is 56.3 Å². The maximum atomic E-state index is 12.1. The number of nitrogens with one attached hydrogen (secondary N) is 1. The molecule has 0 radical (unpaired) electrons. The van der Waals surface area contributed by atoms with E-state index in [0.717, 1.165) is 22.6 Å². The maximum Gasteiger partial charge on any atom is 0.258 e. The van der Waals surface area contributed by atoms with Gasteiger partial charge in [-0.25, -0.2) is 0 Å². The first-order chi connectivity index (χ1) is 11.6. The van der Waals surface area contributed by atoms with Crippen molar-refractivity contribution >= 4 is 5.91 Å². The molecule has 0 spiro atoms. The average molecular weight is 327 g/mol. The van der Waals surface area contributed by atoms with Crippen LogP contribution in [0.1, 0.15) is 24.1 Å². The molecule has 1 aliphatic heterocycles. The van der Waals surface area contributed by atoms with Gasteiger partial charge in [0.2, 0.25) is 0 Å². The van der Waals surface area contributed by atoms with E-state index in [1.165, 1.54) is 0 Å². The van der Waals surface area contributed by atoms with Crippen molar-refractivity contribution in [2.75, 3.05) is 19.8 Å². The monoisotopic (exact) mass is 327 g/mol. The zero-order valence-corrected chi connectivity index (χ0v) is 13.9. The summed E-state index contributed by atoms with van der Waals surface area (Å²) in [5.41, 5.74) is 2.11. The van der Waals surface area contributed by atoms with E-state index >= 15 is 0 Å². The molecule has 0 saturated carbocycles. The van der Waals surface area contributed by atoms with Crippen LogP contribution in [-0.4, -0.2) is 25.7 Å². The van der Waals surface area contributed by atoms with Crippen molar-refractivity contribution in [2.45, 2.75) is 19.9 Å². The Balaban J connectivity index is 1.55. The summed E-state index contributed by atoms with van der Waals surface area (Å²) in [6.07, 6.45) is 0. The van der Waals surface area contributed by atoms with Crippen molar-refractivity contribution < 1.29 is 19.0 Å². The molecular formula is C19H21NO4. The minimum absolute atomic E-state index is 0.0159. The molecule has 1 N–H and O–H groups in total. The smallest absolute Gasteiger partial charge is 0.258 e. The fraction of sp³-hybridized carbons (Fsp3) is 0.316. The molecule has 5 nitrogen and oxygen atoms in total. The standard InChI is InChI=1S/C19H21NO4/c1-13-3-6-16(7-4-13)24-12-19(21)20-14(2)15-5-8-17-18(11-15)23-10-9-22-17/h3-8,11,14H,9-10,12H2,1-2H3,(H,20,21)/t14-/m1/s1. The van der Waals surface area contributed by atoms with Gasteiger partial charge in [0.1, 0.15) is 19.0 Å². The molecule has 126 valence electrons. The molecule has 0 fully saturated rings. The number of aryl methyl sites for hydroxylation is 1. The molecule has 0 bridgehead atoms. The molecular weight excluding hydrogens is 306 g/mol. The molecule has 2 aromatic carbocycles. The van der Waals surface area contributed by atoms with Gasteiger partial charge in [-0.1, -0.05) is 23.8 Å². The van der Waals surface area contributed by atoms with E-state index in [2.05, 4.69) is 5.32 Å². The summed E-state index contributed by atoms with van der Waals surface area (Å²) in [5.74, 6) is 1.97. The quantitative estimate of drug-likeness (QED) is 0.917. The second kappa shape index (κ2) is 7.25. The first kappa shape index (κ1) is 16.2. The molecule has 0 aromatic heterocycles. The molecule has 5 heteroatoms. The van der Waals surface area contributed by atoms with E-state index in [1.54, 1.807) is 0 Å². The summed E-state index contributed by atoms with van der Waals surface area (Å²) < 4.78 is 16.6. The van der Waals surface area contributed by atoms with Crippen LogP contribution >= 0.6 is 0 Å². The van der Waals surface area contributed by atoms with Crippen molar-refractivity contribution in [1.29, 1.82) is 0 Å². The van der Waals surface area contributed by atoms with Gasteiger partial charge in [-0.05, 0) is 43.7 Å². The van der Waals surface area contributed by atoms with Gasteiger partial charge in [0.15, 0.2) is 18.1 Å². The minimum atomic E-state index is -0.169. The van der Waals surface area contributed by atoms with Crippen LogP contribution in [0.5, 0.6) is 17.2 Å². The molecule has 1 aliphatic rings. The second-order valence-corrected chi connectivity index (χ2v) is 5.79. The highest BCUT2D eigenvalue weighted by atomic mass is 16.6. The van der Waals surface area contributed by atoms with Crippen LogP contribution in [0.4, 0.5) is 0 Å². The highest BCUT2D eigenvalue weighted by Gasteiger charge is 2.16. The van der Waals surface area contributed by atoms with Gasteiger partial charge >= 0.3 is 0 Å². The predicted molar refractivity (Wildman–Crippen MR) is 90.7 cm³/mol. The Labute approximate surface area is 141 Å². The normalized spacial score (nSPS) is 13.9. The predicted octanol–water partition coefficient (Wildman–Crippen LogP) is 3.02. The molecule has 2 aromatic rings. The van der Waals surface area contributed by atoms with Gasteiger partial charge in [0, 0.05) is 0 Å². The number of benzene rings is 2. The third kappa shape index (κ3) is 3.98. The number of fused-ring (bicyclic) bond motifs is 1. The number of rotatable bonds is 5. The van der Waals surface area contributed by atoms with Crippen LogP contribution in [0.2, 0.25) is 0 Å². The molecule has 0 saturated heterocycles. The lowest BCUT2D eigenvalue weighted by atomic mass is 10.1. The zero-order valence-electron chi connectivity index (χ0n) is 13.9. The summed E-state index contributed by atoms with van der Waals surface area (Å²) in [6, 6.07) is 13.2. The van der Waals surface area contributed by atoms with E-state index in [0.29, 0.717) is 19.0 Å². The third-order valence-electron chi connectivity index (χ3n) is 3.83. The summed E-state index contributed by atoms with van der Waals surface area (Å²) in [7, 11) is 0. The van der Waals surface area contributed by atoms with Gasteiger partial charge in [-0.15, -0.1) is 0 Å². The van der Waals surface area contributed by atoms with Crippen LogP contribution in [0.3, 0.4) is 0 Å². The zero-order chi connectivity index (χ0) is 16.9. The van der Waals surface area contributed by atoms with Crippen molar-refractivity contribution in [3.05, 3.63) is 53.6 Å². The highest BCUT2D eigenvalue weighted by molar-refractivity contribution is 5.78. The Kier molecular flexibility index (Phi) is 4.89. The Morgan fingerprint density at radius 3 is 2.58 bits per heavy atom. The highest BCUT2D eigenvalue weighted by Crippen LogP contribution is 2.32. The van der Waals surface area contributed by atoms with Crippen molar-refractivity contribution in [3.8, 4) is 17.2 Å². The molecule has 1 amide bonds. The maximum absolute atomic E-state index is 12.1. The Morgan fingerprint density at radius 2 is 1.83 bits per heavy atom. The van der Waals surface area contributed by atoms with Crippen molar-refractivity contribution in [2.24, 2.45) is 0 Å². The lowest BCUT2D eigenvalue weighted by Gasteiger charge is -2.21. The van der Waals surface area contributed by atoms with Gasteiger partial charge in [0.05, 0.1) is 6.04 Å². The lowest BCUT2D eigenvalue weighted by molar-refractivity contribution is -0.123. The van der Waals surface area contributed by atoms with Crippen molar-refractivity contribution in [3.63, 3.8) is 0 Å². The summed E-state index contributed by atoms with van der Waals surface area (Å²) in [5, 5.41) is 2.92. The average Bonchev–Trinajstić information content (AvgIpc) is 2.61. The van der Waals surface area contributed by atoms with Gasteiger partial charge in [-0.2, -0.15) is 0 Å². The summed E-state index contributed by atoms with van der Waals surface area (Å²) in [4.78, 5) is 12.1. The van der Waals surface area contributed by atoms with Gasteiger partial charge in [0.25, 0.3) is 5.91 Å². The number of hydrogen-bond donors (Lipinski definition) is 1. The van der Waals surface area contributed by atoms with Crippen LogP contribution in [0.25, 0.3) is 0 Å². The topological polar surface area (TPSA) is 56.8 Å². The second-order valence-electron chi connectivity index (χ2n) is 5.79. The van der Waals surface area contributed by atoms with E-state index in [9.17, 15) is 4.79 Å². The molecule has 1 atom stereocenters. The Hall–Kier alpha value is -2.69. The Bertz CT molecular complexity index is 712. The largest absolute Gasteiger partial charge is 0.486 e. The fourth-order valence-corrected chi connectivity index (χ4v) is 2.48. The lowest BCUT2D eigenvalue weighted by Crippen LogP contribution is -2.31. The van der Waals surface area contributed by atoms with Crippen LogP contribution in [-0.2, 0) is 4.79 Å². The Morgan fingerprint density at radius 1 is 1.12 bits per heavy atom.